The van der Waals surface area contributed by atoms with E-state index in [1.165, 1.54) is 0 Å². The van der Waals surface area contributed by atoms with Gasteiger partial charge in [-0.3, -0.25) is 0 Å². The molecule has 0 radical (unpaired) electrons. The van der Waals surface area contributed by atoms with E-state index < -0.39 is 0 Å². The summed E-state index contributed by atoms with van der Waals surface area (Å²) in [5, 5.41) is 0. The van der Waals surface area contributed by atoms with E-state index >= 15 is 0 Å². The number of aromatic nitrogens is 2. The zero-order chi connectivity index (χ0) is 15.6. The minimum absolute atomic E-state index is 0.0815. The van der Waals surface area contributed by atoms with Gasteiger partial charge in [-0.15, -0.1) is 6.58 Å². The van der Waals surface area contributed by atoms with Gasteiger partial charge in [-0.05, 0) is 24.3 Å². The Morgan fingerprint density at radius 2 is 1.90 bits per heavy atom. The van der Waals surface area contributed by atoms with E-state index in [1.54, 1.807) is 7.11 Å². The average Bonchev–Trinajstić information content (AvgIpc) is 2.77. The molecule has 1 aromatic heterocycles. The first kappa shape index (κ1) is 15.2. The van der Waals surface area contributed by atoms with Crippen LogP contribution in [0.2, 0.25) is 0 Å². The smallest absolute Gasteiger partial charge is 0.132 e. The Morgan fingerprint density at radius 3 is 2.38 bits per heavy atom. The summed E-state index contributed by atoms with van der Waals surface area (Å²) in [6.07, 6.45) is 1.84. The first-order valence-electron chi connectivity index (χ1n) is 7.00. The Balaban J connectivity index is 2.55. The number of nitrogen functional groups attached to an aromatic ring is 1. The van der Waals surface area contributed by atoms with Crippen LogP contribution in [-0.2, 0) is 12.0 Å². The quantitative estimate of drug-likeness (QED) is 0.873. The molecule has 2 aromatic rings. The number of nitrogens with two attached hydrogens (primary N) is 1. The summed E-state index contributed by atoms with van der Waals surface area (Å²) >= 11 is 0. The van der Waals surface area contributed by atoms with Gasteiger partial charge in [-0.2, -0.15) is 0 Å². The number of anilines is 1. The van der Waals surface area contributed by atoms with Crippen molar-refractivity contribution in [2.45, 2.75) is 32.7 Å². The van der Waals surface area contributed by atoms with Gasteiger partial charge in [0.25, 0.3) is 0 Å². The maximum absolute atomic E-state index is 6.31. The number of methoxy groups -OCH3 is 1. The van der Waals surface area contributed by atoms with Crippen molar-refractivity contribution in [1.29, 1.82) is 0 Å². The molecule has 4 heteroatoms. The van der Waals surface area contributed by atoms with Crippen LogP contribution in [0.15, 0.2) is 36.9 Å². The van der Waals surface area contributed by atoms with Gasteiger partial charge in [0.05, 0.1) is 7.11 Å². The van der Waals surface area contributed by atoms with Crippen molar-refractivity contribution in [2.24, 2.45) is 0 Å². The molecule has 0 saturated carbocycles. The van der Waals surface area contributed by atoms with E-state index in [-0.39, 0.29) is 5.41 Å². The van der Waals surface area contributed by atoms with Crippen molar-refractivity contribution in [2.75, 3.05) is 12.8 Å². The molecule has 0 amide bonds. The molecule has 4 nitrogen and oxygen atoms in total. The molecule has 1 aromatic carbocycles. The van der Waals surface area contributed by atoms with Gasteiger partial charge in [-0.25, -0.2) is 4.98 Å². The molecule has 2 N–H and O–H groups in total. The van der Waals surface area contributed by atoms with Gasteiger partial charge < -0.3 is 15.0 Å². The molecule has 0 aliphatic carbocycles. The minimum Gasteiger partial charge on any atom is -0.497 e. The first-order chi connectivity index (χ1) is 9.88. The molecule has 112 valence electrons. The maximum Gasteiger partial charge on any atom is 0.132 e. The third-order valence-corrected chi connectivity index (χ3v) is 3.35. The number of nitrogens with zero attached hydrogens (tertiary/aromatic N) is 2. The zero-order valence-corrected chi connectivity index (χ0v) is 13.2. The third kappa shape index (κ3) is 2.94. The lowest BCUT2D eigenvalue weighted by Crippen LogP contribution is -2.19. The Kier molecular flexibility index (Phi) is 4.07. The molecule has 1 heterocycles. The van der Waals surface area contributed by atoms with Crippen LogP contribution in [0.3, 0.4) is 0 Å². The van der Waals surface area contributed by atoms with Crippen molar-refractivity contribution < 1.29 is 4.74 Å². The second-order valence-electron chi connectivity index (χ2n) is 6.05. The fraction of sp³-hybridized carbons (Fsp3) is 0.353. The second-order valence-corrected chi connectivity index (χ2v) is 6.05. The molecule has 0 aliphatic rings. The Bertz CT molecular complexity index is 633. The number of ether oxygens (including phenoxy) is 1. The number of rotatable bonds is 4. The van der Waals surface area contributed by atoms with Crippen LogP contribution in [0, 0.1) is 0 Å². The number of hydrogen-bond acceptors (Lipinski definition) is 3. The second kappa shape index (κ2) is 5.64. The predicted octanol–water partition coefficient (Wildman–Crippen LogP) is 3.62. The monoisotopic (exact) mass is 285 g/mol. The van der Waals surface area contributed by atoms with E-state index in [0.29, 0.717) is 12.4 Å². The maximum atomic E-state index is 6.31. The van der Waals surface area contributed by atoms with Gasteiger partial charge in [0.1, 0.15) is 23.1 Å². The standard InChI is InChI=1S/C17H23N3O/c1-6-11-20-15(18)14(19-16(20)17(2,3)4)12-7-9-13(21-5)10-8-12/h6-10H,1,11,18H2,2-5H3. The summed E-state index contributed by atoms with van der Waals surface area (Å²) in [5.74, 6) is 2.45. The summed E-state index contributed by atoms with van der Waals surface area (Å²) in [6.45, 7) is 10.9. The highest BCUT2D eigenvalue weighted by Gasteiger charge is 2.24. The SMILES string of the molecule is C=CCn1c(C(C)(C)C)nc(-c2ccc(OC)cc2)c1N. The molecule has 0 spiro atoms. The number of benzene rings is 1. The number of allylic oxidation sites excluding steroid dienone is 1. The van der Waals surface area contributed by atoms with Crippen molar-refractivity contribution in [1.82, 2.24) is 9.55 Å². The molecular weight excluding hydrogens is 262 g/mol. The molecule has 0 unspecified atom stereocenters. The van der Waals surface area contributed by atoms with Crippen LogP contribution in [-0.4, -0.2) is 16.7 Å². The number of hydrogen-bond donors (Lipinski definition) is 1. The summed E-state index contributed by atoms with van der Waals surface area (Å²) in [5.41, 5.74) is 8.03. The highest BCUT2D eigenvalue weighted by Crippen LogP contribution is 2.32. The molecular formula is C17H23N3O. The minimum atomic E-state index is -0.0815. The van der Waals surface area contributed by atoms with Crippen LogP contribution >= 0.6 is 0 Å². The van der Waals surface area contributed by atoms with Gasteiger partial charge >= 0.3 is 0 Å². The van der Waals surface area contributed by atoms with Gasteiger partial charge in [-0.1, -0.05) is 26.8 Å². The van der Waals surface area contributed by atoms with Crippen molar-refractivity contribution in [3.05, 3.63) is 42.7 Å². The topological polar surface area (TPSA) is 53.1 Å². The Morgan fingerprint density at radius 1 is 1.29 bits per heavy atom. The summed E-state index contributed by atoms with van der Waals surface area (Å²) < 4.78 is 7.21. The average molecular weight is 285 g/mol. The van der Waals surface area contributed by atoms with Crippen LogP contribution in [0.5, 0.6) is 5.75 Å². The highest BCUT2D eigenvalue weighted by molar-refractivity contribution is 5.71. The molecule has 0 saturated heterocycles. The van der Waals surface area contributed by atoms with Crippen LogP contribution < -0.4 is 10.5 Å². The molecule has 0 bridgehead atoms. The molecule has 0 aliphatic heterocycles. The summed E-state index contributed by atoms with van der Waals surface area (Å²) in [6, 6.07) is 7.78. The largest absolute Gasteiger partial charge is 0.497 e. The van der Waals surface area contributed by atoms with E-state index in [0.717, 1.165) is 22.8 Å². The fourth-order valence-electron chi connectivity index (χ4n) is 2.31. The zero-order valence-electron chi connectivity index (χ0n) is 13.2. The molecule has 0 fully saturated rings. The van der Waals surface area contributed by atoms with Gasteiger partial charge in [0, 0.05) is 17.5 Å². The van der Waals surface area contributed by atoms with E-state index in [1.807, 2.05) is 34.9 Å². The molecule has 0 atom stereocenters. The Hall–Kier alpha value is -2.23. The van der Waals surface area contributed by atoms with E-state index in [9.17, 15) is 0 Å². The fourth-order valence-corrected chi connectivity index (χ4v) is 2.31. The van der Waals surface area contributed by atoms with Crippen molar-refractivity contribution >= 4 is 5.82 Å². The van der Waals surface area contributed by atoms with Crippen LogP contribution in [0.25, 0.3) is 11.3 Å². The predicted molar refractivity (Wildman–Crippen MR) is 87.5 cm³/mol. The highest BCUT2D eigenvalue weighted by atomic mass is 16.5. The van der Waals surface area contributed by atoms with Crippen molar-refractivity contribution in [3.8, 4) is 17.0 Å². The normalized spacial score (nSPS) is 11.4. The van der Waals surface area contributed by atoms with E-state index in [2.05, 4.69) is 27.4 Å². The number of imidazole rings is 1. The molecule has 2 rings (SSSR count). The van der Waals surface area contributed by atoms with Gasteiger partial charge in [0.2, 0.25) is 0 Å². The van der Waals surface area contributed by atoms with Crippen LogP contribution in [0.1, 0.15) is 26.6 Å². The van der Waals surface area contributed by atoms with Gasteiger partial charge in [0.15, 0.2) is 0 Å². The Labute approximate surface area is 126 Å². The first-order valence-corrected chi connectivity index (χ1v) is 7.00. The van der Waals surface area contributed by atoms with Crippen LogP contribution in [0.4, 0.5) is 5.82 Å². The lowest BCUT2D eigenvalue weighted by atomic mass is 9.95. The molecule has 21 heavy (non-hydrogen) atoms. The van der Waals surface area contributed by atoms with Crippen molar-refractivity contribution in [3.63, 3.8) is 0 Å². The lowest BCUT2D eigenvalue weighted by Gasteiger charge is -2.19. The van der Waals surface area contributed by atoms with E-state index in [4.69, 9.17) is 15.5 Å². The summed E-state index contributed by atoms with van der Waals surface area (Å²) in [4.78, 5) is 4.77. The summed E-state index contributed by atoms with van der Waals surface area (Å²) in [7, 11) is 1.65. The lowest BCUT2D eigenvalue weighted by molar-refractivity contribution is 0.415. The third-order valence-electron chi connectivity index (χ3n) is 3.35.